The van der Waals surface area contributed by atoms with Crippen molar-refractivity contribution in [3.63, 3.8) is 0 Å². The maximum Gasteiger partial charge on any atom is 0.361 e. The van der Waals surface area contributed by atoms with Crippen LogP contribution in [0.3, 0.4) is 0 Å². The van der Waals surface area contributed by atoms with Gasteiger partial charge in [0.25, 0.3) is 6.29 Å². The number of aliphatic carboxylic acids is 1. The summed E-state index contributed by atoms with van der Waals surface area (Å²) in [7, 11) is 5.96. The SMILES string of the molecule is CC/C=C\C/C=C\C/C=C\C/C=C\C/C=C\C/C=C\C/C=C\C/C=C\C/C=C\C/C=C\CCCCCCCCC(=O)OC(COC(=O)CCCCCCCCCCCCCCC/C=C\C/C=C\C/C=C\C/C=C\C/C=C\C/C=C\C/C=C\C/C=C\C/C=C\CC)COC(OCC[N+](C)(C)C)C(=O)O. The second-order valence-electron chi connectivity index (χ2n) is 27.3. The van der Waals surface area contributed by atoms with Gasteiger partial charge in [-0.15, -0.1) is 0 Å². The largest absolute Gasteiger partial charge is 0.477 e. The van der Waals surface area contributed by atoms with Crippen LogP contribution in [-0.2, 0) is 33.3 Å². The number of likely N-dealkylation sites (N-methyl/N-ethyl adjacent to an activating group) is 1. The monoisotopic (exact) mass is 1420 g/mol. The van der Waals surface area contributed by atoms with E-state index >= 15 is 0 Å². The van der Waals surface area contributed by atoms with Gasteiger partial charge in [-0.05, 0) is 161 Å². The summed E-state index contributed by atoms with van der Waals surface area (Å²) < 4.78 is 23.0. The molecule has 0 fully saturated rings. The predicted octanol–water partition coefficient (Wildman–Crippen LogP) is 26.6. The van der Waals surface area contributed by atoms with Crippen molar-refractivity contribution >= 4 is 17.9 Å². The molecule has 0 aliphatic carbocycles. The zero-order valence-corrected chi connectivity index (χ0v) is 65.9. The number of esters is 2. The summed E-state index contributed by atoms with van der Waals surface area (Å²) in [6.07, 6.45) is 126. The number of carbonyl (C=O) groups excluding carboxylic acids is 2. The molecule has 0 spiro atoms. The molecule has 0 aromatic rings. The lowest BCUT2D eigenvalue weighted by Crippen LogP contribution is -2.40. The summed E-state index contributed by atoms with van der Waals surface area (Å²) in [5.41, 5.74) is 0. The third-order valence-electron chi connectivity index (χ3n) is 16.4. The summed E-state index contributed by atoms with van der Waals surface area (Å²) in [6.45, 7) is 4.61. The maximum atomic E-state index is 13.0. The molecule has 576 valence electrons. The first-order chi connectivity index (χ1) is 50.6. The van der Waals surface area contributed by atoms with Gasteiger partial charge in [-0.1, -0.05) is 341 Å². The van der Waals surface area contributed by atoms with E-state index < -0.39 is 24.3 Å². The number of ether oxygens (including phenoxy) is 4. The van der Waals surface area contributed by atoms with E-state index in [2.05, 4.69) is 245 Å². The molecule has 1 N–H and O–H groups in total. The van der Waals surface area contributed by atoms with Crippen molar-refractivity contribution in [1.29, 1.82) is 0 Å². The summed E-state index contributed by atoms with van der Waals surface area (Å²) in [6, 6.07) is 0. The Bertz CT molecular complexity index is 2560. The van der Waals surface area contributed by atoms with Crippen LogP contribution in [0.2, 0.25) is 0 Å². The van der Waals surface area contributed by atoms with E-state index in [1.807, 2.05) is 21.1 Å². The zero-order valence-electron chi connectivity index (χ0n) is 65.9. The first kappa shape index (κ1) is 96.4. The smallest absolute Gasteiger partial charge is 0.361 e. The third-order valence-corrected chi connectivity index (χ3v) is 16.4. The minimum Gasteiger partial charge on any atom is -0.477 e. The second-order valence-corrected chi connectivity index (χ2v) is 27.3. The Labute approximate surface area is 631 Å². The third kappa shape index (κ3) is 82.5. The topological polar surface area (TPSA) is 108 Å². The molecule has 0 saturated carbocycles. The highest BCUT2D eigenvalue weighted by molar-refractivity contribution is 5.71. The summed E-state index contributed by atoms with van der Waals surface area (Å²) >= 11 is 0. The van der Waals surface area contributed by atoms with Crippen LogP contribution < -0.4 is 0 Å². The molecule has 2 atom stereocenters. The second kappa shape index (κ2) is 81.0. The standard InChI is InChI=1S/C94H147NO8/c1-6-8-10-12-14-16-18-20-22-24-26-28-30-32-34-36-38-40-42-44-45-46-47-49-50-52-54-56-58-60-62-64-66-68-70-72-74-76-78-80-82-84-91(96)101-88-90(89-102-94(93(98)99)100-87-86-95(3,4)5)103-92(97)85-83-81-79-77-75-73-71-69-67-65-63-61-59-57-55-53-51-48-43-41-39-37-35-33-31-29-27-25-23-21-19-17-15-13-11-9-7-2/h8-11,14-17,20-23,26-29,32-35,38-41,44-45,47-49,51-52,54-55,57,61,63,67,69,90,94H,6-7,12-13,18-19,24-25,30-31,36-37,42-43,46,50,53,56,58-60,62,64-66,68,70-89H2,1-5H3/p+1/b10-8-,11-9-,16-14-,17-15-,22-20-,23-21-,28-26-,29-27-,34-32-,35-33-,40-38-,41-39-,45-44-,49-47-,51-48-,54-52-,57-55-,63-61-,69-67-. The lowest BCUT2D eigenvalue weighted by atomic mass is 10.0. The molecule has 103 heavy (non-hydrogen) atoms. The van der Waals surface area contributed by atoms with Crippen LogP contribution >= 0.6 is 0 Å². The predicted molar refractivity (Wildman–Crippen MR) is 446 cm³/mol. The molecule has 0 amide bonds. The fourth-order valence-electron chi connectivity index (χ4n) is 10.3. The molecule has 0 heterocycles. The lowest BCUT2D eigenvalue weighted by Gasteiger charge is -2.25. The lowest BCUT2D eigenvalue weighted by molar-refractivity contribution is -0.870. The van der Waals surface area contributed by atoms with Crippen molar-refractivity contribution in [2.75, 3.05) is 47.5 Å². The van der Waals surface area contributed by atoms with E-state index in [1.165, 1.54) is 70.6 Å². The average molecular weight is 1420 g/mol. The zero-order chi connectivity index (χ0) is 74.6. The van der Waals surface area contributed by atoms with Gasteiger partial charge < -0.3 is 28.5 Å². The van der Waals surface area contributed by atoms with E-state index in [0.717, 1.165) is 180 Å². The Morgan fingerprint density at radius 3 is 0.777 bits per heavy atom. The molecule has 0 aliphatic heterocycles. The van der Waals surface area contributed by atoms with Gasteiger partial charge in [0, 0.05) is 12.8 Å². The Kier molecular flexibility index (Phi) is 75.8. The number of nitrogens with zero attached hydrogens (tertiary/aromatic N) is 1. The van der Waals surface area contributed by atoms with E-state index in [-0.39, 0.29) is 38.6 Å². The molecule has 0 rings (SSSR count). The van der Waals surface area contributed by atoms with Gasteiger partial charge in [0.1, 0.15) is 13.2 Å². The number of allylic oxidation sites excluding steroid dienone is 38. The molecule has 2 unspecified atom stereocenters. The summed E-state index contributed by atoms with van der Waals surface area (Å²) in [5, 5.41) is 9.78. The van der Waals surface area contributed by atoms with Gasteiger partial charge >= 0.3 is 17.9 Å². The van der Waals surface area contributed by atoms with Crippen LogP contribution in [0.15, 0.2) is 231 Å². The number of rotatable bonds is 72. The molecule has 0 bridgehead atoms. The number of quaternary nitrogens is 1. The molecule has 9 heteroatoms. The number of carbonyl (C=O) groups is 3. The Morgan fingerprint density at radius 2 is 0.524 bits per heavy atom. The van der Waals surface area contributed by atoms with Gasteiger partial charge in [0.15, 0.2) is 6.10 Å². The fraction of sp³-hybridized carbons (Fsp3) is 0.564. The molecule has 0 aromatic heterocycles. The van der Waals surface area contributed by atoms with Gasteiger partial charge in [-0.2, -0.15) is 0 Å². The molecule has 0 radical (unpaired) electrons. The molecular formula is C94H148NO8+. The van der Waals surface area contributed by atoms with Gasteiger partial charge in [-0.3, -0.25) is 9.59 Å². The van der Waals surface area contributed by atoms with Crippen LogP contribution in [0.4, 0.5) is 0 Å². The summed E-state index contributed by atoms with van der Waals surface area (Å²) in [4.78, 5) is 37.8. The minimum absolute atomic E-state index is 0.173. The van der Waals surface area contributed by atoms with Crippen molar-refractivity contribution in [2.24, 2.45) is 0 Å². The van der Waals surface area contributed by atoms with Crippen LogP contribution in [0.5, 0.6) is 0 Å². The quantitative estimate of drug-likeness (QED) is 0.0211. The Hall–Kier alpha value is -6.65. The van der Waals surface area contributed by atoms with Crippen LogP contribution in [0, 0.1) is 0 Å². The van der Waals surface area contributed by atoms with Crippen molar-refractivity contribution in [3.05, 3.63) is 231 Å². The molecular weight excluding hydrogens is 1270 g/mol. The van der Waals surface area contributed by atoms with E-state index in [4.69, 9.17) is 18.9 Å². The minimum atomic E-state index is -1.53. The first-order valence-corrected chi connectivity index (χ1v) is 40.5. The molecule has 0 aromatic carbocycles. The van der Waals surface area contributed by atoms with Crippen LogP contribution in [0.25, 0.3) is 0 Å². The van der Waals surface area contributed by atoms with E-state index in [1.54, 1.807) is 0 Å². The highest BCUT2D eigenvalue weighted by atomic mass is 16.7. The Balaban J connectivity index is 4.16. The number of unbranched alkanes of at least 4 members (excludes halogenated alkanes) is 19. The fourth-order valence-corrected chi connectivity index (χ4v) is 10.3. The number of carboxylic acid groups (broad SMARTS) is 1. The highest BCUT2D eigenvalue weighted by Gasteiger charge is 2.25. The number of hydrogen-bond donors (Lipinski definition) is 1. The molecule has 0 saturated heterocycles. The van der Waals surface area contributed by atoms with E-state index in [9.17, 15) is 19.5 Å². The summed E-state index contributed by atoms with van der Waals surface area (Å²) in [5.74, 6) is -2.05. The van der Waals surface area contributed by atoms with Crippen LogP contribution in [-0.4, -0.2) is 87.4 Å². The molecule has 0 aliphatic rings. The van der Waals surface area contributed by atoms with Crippen molar-refractivity contribution < 1.29 is 42.9 Å². The normalized spacial score (nSPS) is 13.9. The van der Waals surface area contributed by atoms with Gasteiger partial charge in [-0.25, -0.2) is 4.79 Å². The highest BCUT2D eigenvalue weighted by Crippen LogP contribution is 2.16. The Morgan fingerprint density at radius 1 is 0.291 bits per heavy atom. The molecule has 9 nitrogen and oxygen atoms in total. The van der Waals surface area contributed by atoms with E-state index in [0.29, 0.717) is 17.4 Å². The first-order valence-electron chi connectivity index (χ1n) is 40.5. The number of carboxylic acids is 1. The average Bonchev–Trinajstić information content (AvgIpc) is 1.16. The van der Waals surface area contributed by atoms with Gasteiger partial charge in [0.05, 0.1) is 34.4 Å². The van der Waals surface area contributed by atoms with Crippen molar-refractivity contribution in [2.45, 2.75) is 296 Å². The van der Waals surface area contributed by atoms with Gasteiger partial charge in [0.2, 0.25) is 0 Å². The van der Waals surface area contributed by atoms with Crippen molar-refractivity contribution in [1.82, 2.24) is 0 Å². The number of hydrogen-bond acceptors (Lipinski definition) is 7. The van der Waals surface area contributed by atoms with Crippen molar-refractivity contribution in [3.8, 4) is 0 Å². The maximum absolute atomic E-state index is 13.0. The van der Waals surface area contributed by atoms with Crippen LogP contribution in [0.1, 0.15) is 284 Å².